The average molecular weight is 216 g/mol. The van der Waals surface area contributed by atoms with Gasteiger partial charge in [0.15, 0.2) is 0 Å². The molecular weight excluding hydrogens is 199 g/mol. The van der Waals surface area contributed by atoms with Gasteiger partial charge >= 0.3 is 0 Å². The number of benzene rings is 2. The highest BCUT2D eigenvalue weighted by Crippen LogP contribution is 1.84. The maximum atomic E-state index is 2.22. The summed E-state index contributed by atoms with van der Waals surface area (Å²) in [6.07, 6.45) is 0. The van der Waals surface area contributed by atoms with Gasteiger partial charge in [0.05, 0.1) is 17.9 Å². The second-order valence-electron chi connectivity index (χ2n) is 3.15. The first-order chi connectivity index (χ1) is 6.45. The Hall–Kier alpha value is -1.32. The summed E-state index contributed by atoms with van der Waals surface area (Å²) in [5.41, 5.74) is 0. The zero-order valence-electron chi connectivity index (χ0n) is 7.98. The van der Waals surface area contributed by atoms with Crippen LogP contribution in [0.5, 0.6) is 0 Å². The lowest BCUT2D eigenvalue weighted by Gasteiger charge is -1.99. The van der Waals surface area contributed by atoms with Gasteiger partial charge in [-0.15, -0.1) is 0 Å². The molecule has 2 N–H and O–H groups in total. The van der Waals surface area contributed by atoms with E-state index in [4.69, 9.17) is 0 Å². The number of hydrogen-bond donors (Lipinski definition) is 0. The molecule has 1 nitrogen and oxygen atoms in total. The van der Waals surface area contributed by atoms with Crippen molar-refractivity contribution in [3.63, 3.8) is 0 Å². The molecule has 0 aliphatic carbocycles. The first-order valence-electron chi connectivity index (χ1n) is 4.53. The summed E-state index contributed by atoms with van der Waals surface area (Å²) in [7, 11) is -0.234. The van der Waals surface area contributed by atoms with E-state index in [-0.39, 0.29) is 23.4 Å². The fourth-order valence-corrected chi connectivity index (χ4v) is 2.91. The average Bonchev–Trinajstić information content (AvgIpc) is 2.21. The van der Waals surface area contributed by atoms with Gasteiger partial charge in [0.2, 0.25) is 0 Å². The Morgan fingerprint density at radius 1 is 0.600 bits per heavy atom. The third kappa shape index (κ3) is 4.15. The molecule has 2 aromatic rings. The lowest BCUT2D eigenvalue weighted by Crippen LogP contribution is -2.26. The topological polar surface area (TPSA) is 31.5 Å². The summed E-state index contributed by atoms with van der Waals surface area (Å²) in [6.45, 7) is 0. The molecule has 0 radical (unpaired) electrons. The quantitative estimate of drug-likeness (QED) is 0.565. The van der Waals surface area contributed by atoms with E-state index in [9.17, 15) is 0 Å². The Kier molecular flexibility index (Phi) is 6.42. The van der Waals surface area contributed by atoms with Crippen LogP contribution < -0.4 is 10.4 Å². The predicted molar refractivity (Wildman–Crippen MR) is 74.2 cm³/mol. The highest BCUT2D eigenvalue weighted by Gasteiger charge is 1.93. The Balaban J connectivity index is 0.000000980. The fourth-order valence-electron chi connectivity index (χ4n) is 1.43. The van der Waals surface area contributed by atoms with Gasteiger partial charge in [0, 0.05) is 0 Å². The summed E-state index contributed by atoms with van der Waals surface area (Å²) in [5.74, 6) is 0. The Labute approximate surface area is 94.9 Å². The van der Waals surface area contributed by atoms with Crippen molar-refractivity contribution in [1.82, 2.24) is 0 Å². The third-order valence-corrected chi connectivity index (χ3v) is 3.85. The van der Waals surface area contributed by atoms with Gasteiger partial charge in [-0.1, -0.05) is 71.0 Å². The van der Waals surface area contributed by atoms with Crippen LogP contribution in [-0.2, 0) is 0 Å². The van der Waals surface area contributed by atoms with Crippen molar-refractivity contribution in [1.29, 1.82) is 0 Å². The maximum absolute atomic E-state index is 2.22. The molecule has 2 rings (SSSR count). The standard InChI is InChI=1S/C12H12Si.BH3.H2O/c1-3-7-11(8-4-1)13-12-9-5-2-6-10-12;;/h1-10H,13H2;1H3;1H2. The zero-order valence-corrected chi connectivity index (χ0v) is 9.39. The molecule has 0 atom stereocenters. The van der Waals surface area contributed by atoms with Crippen LogP contribution in [0.1, 0.15) is 0 Å². The van der Waals surface area contributed by atoms with Gasteiger partial charge in [-0.2, -0.15) is 0 Å². The molecule has 3 heteroatoms. The lowest BCUT2D eigenvalue weighted by molar-refractivity contribution is 0.824. The molecular formula is C12H17BOSi. The molecule has 0 spiro atoms. The molecule has 0 heterocycles. The van der Waals surface area contributed by atoms with E-state index in [0.717, 1.165) is 0 Å². The molecule has 0 aromatic heterocycles. The first kappa shape index (κ1) is 13.7. The lowest BCUT2D eigenvalue weighted by atomic mass is 10.4. The molecule has 0 amide bonds. The Morgan fingerprint density at radius 2 is 0.933 bits per heavy atom. The SMILES string of the molecule is B.O.c1ccc([SiH2]c2ccccc2)cc1. The smallest absolute Gasteiger partial charge is 0.0875 e. The molecule has 78 valence electrons. The summed E-state index contributed by atoms with van der Waals surface area (Å²) in [5, 5.41) is 3.02. The van der Waals surface area contributed by atoms with Gasteiger partial charge < -0.3 is 5.48 Å². The second kappa shape index (κ2) is 7.04. The fraction of sp³-hybridized carbons (Fsp3) is 0. The predicted octanol–water partition coefficient (Wildman–Crippen LogP) is -1.20. The van der Waals surface area contributed by atoms with E-state index in [0.29, 0.717) is 0 Å². The van der Waals surface area contributed by atoms with Crippen molar-refractivity contribution in [3.8, 4) is 0 Å². The van der Waals surface area contributed by atoms with Crippen LogP contribution in [0.3, 0.4) is 0 Å². The molecule has 15 heavy (non-hydrogen) atoms. The van der Waals surface area contributed by atoms with Crippen LogP contribution in [0.15, 0.2) is 60.7 Å². The molecule has 0 aliphatic heterocycles. The third-order valence-electron chi connectivity index (χ3n) is 2.09. The van der Waals surface area contributed by atoms with E-state index in [1.165, 1.54) is 10.4 Å². The number of rotatable bonds is 2. The van der Waals surface area contributed by atoms with E-state index in [2.05, 4.69) is 60.7 Å². The van der Waals surface area contributed by atoms with Crippen LogP contribution >= 0.6 is 0 Å². The minimum absolute atomic E-state index is 0. The zero-order chi connectivity index (χ0) is 8.93. The molecule has 0 unspecified atom stereocenters. The van der Waals surface area contributed by atoms with Gasteiger partial charge in [0.25, 0.3) is 0 Å². The second-order valence-corrected chi connectivity index (χ2v) is 5.13. The first-order valence-corrected chi connectivity index (χ1v) is 5.94. The maximum Gasteiger partial charge on any atom is 0.0875 e. The van der Waals surface area contributed by atoms with Gasteiger partial charge in [-0.3, -0.25) is 0 Å². The van der Waals surface area contributed by atoms with Crippen molar-refractivity contribution in [2.45, 2.75) is 0 Å². The molecule has 0 aliphatic rings. The van der Waals surface area contributed by atoms with Crippen molar-refractivity contribution in [3.05, 3.63) is 60.7 Å². The summed E-state index contributed by atoms with van der Waals surface area (Å²) in [6, 6.07) is 21.5. The van der Waals surface area contributed by atoms with Gasteiger partial charge in [0.1, 0.15) is 0 Å². The number of hydrogen-bond acceptors (Lipinski definition) is 0. The molecule has 0 saturated carbocycles. The van der Waals surface area contributed by atoms with Crippen LogP contribution in [0.2, 0.25) is 0 Å². The normalized spacial score (nSPS) is 8.53. The van der Waals surface area contributed by atoms with E-state index in [1.54, 1.807) is 0 Å². The van der Waals surface area contributed by atoms with E-state index in [1.807, 2.05) is 0 Å². The highest BCUT2D eigenvalue weighted by atomic mass is 28.2. The van der Waals surface area contributed by atoms with Gasteiger partial charge in [-0.25, -0.2) is 0 Å². The molecule has 0 saturated heterocycles. The van der Waals surface area contributed by atoms with Crippen molar-refractivity contribution in [2.75, 3.05) is 0 Å². The monoisotopic (exact) mass is 216 g/mol. The van der Waals surface area contributed by atoms with Crippen LogP contribution in [0.25, 0.3) is 0 Å². The van der Waals surface area contributed by atoms with Crippen LogP contribution in [0.4, 0.5) is 0 Å². The Morgan fingerprint density at radius 3 is 1.27 bits per heavy atom. The van der Waals surface area contributed by atoms with Gasteiger partial charge in [-0.05, 0) is 0 Å². The largest absolute Gasteiger partial charge is 0.412 e. The Bertz CT molecular complexity index is 326. The van der Waals surface area contributed by atoms with Crippen LogP contribution in [0, 0.1) is 0 Å². The summed E-state index contributed by atoms with van der Waals surface area (Å²) < 4.78 is 0. The van der Waals surface area contributed by atoms with E-state index < -0.39 is 0 Å². The van der Waals surface area contributed by atoms with Crippen molar-refractivity contribution >= 4 is 28.3 Å². The molecule has 2 aromatic carbocycles. The summed E-state index contributed by atoms with van der Waals surface area (Å²) in [4.78, 5) is 0. The minimum Gasteiger partial charge on any atom is -0.412 e. The highest BCUT2D eigenvalue weighted by molar-refractivity contribution is 6.67. The van der Waals surface area contributed by atoms with Crippen molar-refractivity contribution < 1.29 is 5.48 Å². The molecule has 0 fully saturated rings. The van der Waals surface area contributed by atoms with E-state index >= 15 is 0 Å². The molecule has 0 bridgehead atoms. The minimum atomic E-state index is -0.234. The summed E-state index contributed by atoms with van der Waals surface area (Å²) >= 11 is 0. The van der Waals surface area contributed by atoms with Crippen molar-refractivity contribution in [2.24, 2.45) is 0 Å². The van der Waals surface area contributed by atoms with Crippen LogP contribution in [-0.4, -0.2) is 23.4 Å².